The summed E-state index contributed by atoms with van der Waals surface area (Å²) in [6.07, 6.45) is 8.83. The van der Waals surface area contributed by atoms with Crippen LogP contribution < -0.4 is 10.3 Å². The SMILES string of the molecule is C[C@@H]1CN(S(C)(=O)=O)CCN1Cc1cc2c(=O)n(C)cc(-c3ccncc3OCC3CC3)c2o1. The molecule has 0 unspecified atom stereocenters. The van der Waals surface area contributed by atoms with Gasteiger partial charge in [-0.25, -0.2) is 8.42 Å². The van der Waals surface area contributed by atoms with E-state index in [9.17, 15) is 13.2 Å². The van der Waals surface area contributed by atoms with Crippen LogP contribution in [0.4, 0.5) is 0 Å². The Labute approximate surface area is 199 Å². The summed E-state index contributed by atoms with van der Waals surface area (Å²) in [6, 6.07) is 3.72. The van der Waals surface area contributed by atoms with Gasteiger partial charge in [-0.1, -0.05) is 0 Å². The Hall–Kier alpha value is -2.69. The number of aryl methyl sites for hydroxylation is 1. The third-order valence-corrected chi connectivity index (χ3v) is 7.97. The van der Waals surface area contributed by atoms with E-state index in [0.29, 0.717) is 61.2 Å². The van der Waals surface area contributed by atoms with E-state index in [1.54, 1.807) is 30.2 Å². The van der Waals surface area contributed by atoms with Crippen molar-refractivity contribution in [2.24, 2.45) is 13.0 Å². The lowest BCUT2D eigenvalue weighted by Crippen LogP contribution is -2.52. The number of piperazine rings is 1. The molecule has 1 aliphatic carbocycles. The normalized spacial score (nSPS) is 20.1. The maximum absolute atomic E-state index is 12.9. The summed E-state index contributed by atoms with van der Waals surface area (Å²) < 4.78 is 39.2. The summed E-state index contributed by atoms with van der Waals surface area (Å²) in [6.45, 7) is 4.64. The Morgan fingerprint density at radius 3 is 2.74 bits per heavy atom. The first-order valence-electron chi connectivity index (χ1n) is 11.6. The van der Waals surface area contributed by atoms with E-state index in [1.165, 1.54) is 23.4 Å². The molecule has 2 aliphatic rings. The monoisotopic (exact) mass is 486 g/mol. The Balaban J connectivity index is 1.47. The van der Waals surface area contributed by atoms with Gasteiger partial charge < -0.3 is 13.7 Å². The lowest BCUT2D eigenvalue weighted by atomic mass is 10.1. The van der Waals surface area contributed by atoms with Crippen molar-refractivity contribution in [3.8, 4) is 16.9 Å². The van der Waals surface area contributed by atoms with Crippen LogP contribution in [0.25, 0.3) is 22.1 Å². The number of hydrogen-bond donors (Lipinski definition) is 0. The molecular weight excluding hydrogens is 456 g/mol. The Morgan fingerprint density at radius 1 is 1.24 bits per heavy atom. The number of furan rings is 1. The fourth-order valence-electron chi connectivity index (χ4n) is 4.48. The predicted molar refractivity (Wildman–Crippen MR) is 129 cm³/mol. The van der Waals surface area contributed by atoms with Gasteiger partial charge in [-0.15, -0.1) is 0 Å². The van der Waals surface area contributed by atoms with Crippen molar-refractivity contribution in [3.05, 3.63) is 46.8 Å². The van der Waals surface area contributed by atoms with Gasteiger partial charge in [0, 0.05) is 56.2 Å². The molecule has 9 nitrogen and oxygen atoms in total. The third-order valence-electron chi connectivity index (χ3n) is 6.70. The van der Waals surface area contributed by atoms with Crippen molar-refractivity contribution in [1.82, 2.24) is 18.8 Å². The fraction of sp³-hybridized carbons (Fsp3) is 0.500. The number of rotatable bonds is 7. The molecule has 1 atom stereocenters. The fourth-order valence-corrected chi connectivity index (χ4v) is 5.38. The second kappa shape index (κ2) is 8.83. The maximum Gasteiger partial charge on any atom is 0.261 e. The average Bonchev–Trinajstić information content (AvgIpc) is 3.53. The Morgan fingerprint density at radius 2 is 2.03 bits per heavy atom. The van der Waals surface area contributed by atoms with Gasteiger partial charge in [-0.05, 0) is 37.8 Å². The van der Waals surface area contributed by atoms with Gasteiger partial charge in [-0.3, -0.25) is 14.7 Å². The zero-order chi connectivity index (χ0) is 24.0. The van der Waals surface area contributed by atoms with Crippen LogP contribution in [0.5, 0.6) is 5.75 Å². The van der Waals surface area contributed by atoms with E-state index in [-0.39, 0.29) is 11.6 Å². The minimum Gasteiger partial charge on any atom is -0.491 e. The van der Waals surface area contributed by atoms with Crippen LogP contribution in [0.1, 0.15) is 25.5 Å². The summed E-state index contributed by atoms with van der Waals surface area (Å²) in [5.74, 6) is 1.96. The lowest BCUT2D eigenvalue weighted by Gasteiger charge is -2.38. The topological polar surface area (TPSA) is 97.9 Å². The largest absolute Gasteiger partial charge is 0.491 e. The molecule has 1 saturated carbocycles. The number of hydrogen-bond acceptors (Lipinski definition) is 7. The minimum absolute atomic E-state index is 0.0293. The number of sulfonamides is 1. The van der Waals surface area contributed by atoms with Gasteiger partial charge in [0.2, 0.25) is 10.0 Å². The number of fused-ring (bicyclic) bond motifs is 1. The molecule has 1 aliphatic heterocycles. The summed E-state index contributed by atoms with van der Waals surface area (Å²) >= 11 is 0. The molecule has 182 valence electrons. The van der Waals surface area contributed by atoms with Crippen molar-refractivity contribution < 1.29 is 17.6 Å². The molecule has 4 heterocycles. The predicted octanol–water partition coefficient (Wildman–Crippen LogP) is 2.45. The van der Waals surface area contributed by atoms with Crippen molar-refractivity contribution in [1.29, 1.82) is 0 Å². The van der Waals surface area contributed by atoms with Crippen LogP contribution in [0.3, 0.4) is 0 Å². The number of nitrogens with zero attached hydrogens (tertiary/aromatic N) is 4. The minimum atomic E-state index is -3.21. The molecule has 5 rings (SSSR count). The molecule has 0 amide bonds. The summed E-state index contributed by atoms with van der Waals surface area (Å²) in [5.41, 5.74) is 2.03. The van der Waals surface area contributed by atoms with Crippen LogP contribution in [0.15, 0.2) is 39.9 Å². The first kappa shape index (κ1) is 23.1. The van der Waals surface area contributed by atoms with Gasteiger partial charge in [0.05, 0.1) is 31.0 Å². The van der Waals surface area contributed by atoms with Crippen LogP contribution in [0.2, 0.25) is 0 Å². The molecule has 0 spiro atoms. The van der Waals surface area contributed by atoms with Crippen LogP contribution in [-0.4, -0.2) is 65.7 Å². The van der Waals surface area contributed by atoms with Gasteiger partial charge in [-0.2, -0.15) is 4.31 Å². The zero-order valence-corrected chi connectivity index (χ0v) is 20.5. The third kappa shape index (κ3) is 4.62. The van der Waals surface area contributed by atoms with E-state index >= 15 is 0 Å². The van der Waals surface area contributed by atoms with E-state index in [2.05, 4.69) is 9.88 Å². The van der Waals surface area contributed by atoms with Crippen LogP contribution >= 0.6 is 0 Å². The second-order valence-electron chi connectivity index (χ2n) is 9.48. The van der Waals surface area contributed by atoms with E-state index in [4.69, 9.17) is 9.15 Å². The van der Waals surface area contributed by atoms with Crippen molar-refractivity contribution in [2.45, 2.75) is 32.4 Å². The Kier molecular flexibility index (Phi) is 5.99. The molecule has 0 aromatic carbocycles. The van der Waals surface area contributed by atoms with E-state index in [1.807, 2.05) is 19.1 Å². The first-order chi connectivity index (χ1) is 16.2. The van der Waals surface area contributed by atoms with Crippen molar-refractivity contribution in [3.63, 3.8) is 0 Å². The molecule has 3 aromatic rings. The second-order valence-corrected chi connectivity index (χ2v) is 11.5. The van der Waals surface area contributed by atoms with Gasteiger partial charge in [0.15, 0.2) is 0 Å². The maximum atomic E-state index is 12.9. The average molecular weight is 487 g/mol. The number of aromatic nitrogens is 2. The first-order valence-corrected chi connectivity index (χ1v) is 13.4. The van der Waals surface area contributed by atoms with Crippen molar-refractivity contribution >= 4 is 21.0 Å². The highest BCUT2D eigenvalue weighted by molar-refractivity contribution is 7.88. The zero-order valence-electron chi connectivity index (χ0n) is 19.7. The van der Waals surface area contributed by atoms with Gasteiger partial charge in [0.25, 0.3) is 5.56 Å². The van der Waals surface area contributed by atoms with E-state index < -0.39 is 10.0 Å². The standard InChI is InChI=1S/C24H30N4O5S/c1-16-12-28(34(3,30)31)9-8-27(16)13-18-10-20-23(33-18)21(14-26(2)24(20)29)19-6-7-25-11-22(19)32-15-17-4-5-17/h6-7,10-11,14,16-17H,4-5,8-9,12-13,15H2,1-3H3/t16-/m1/s1. The Bertz CT molecular complexity index is 1380. The van der Waals surface area contributed by atoms with Gasteiger partial charge >= 0.3 is 0 Å². The number of pyridine rings is 2. The lowest BCUT2D eigenvalue weighted by molar-refractivity contribution is 0.115. The molecule has 0 N–H and O–H groups in total. The van der Waals surface area contributed by atoms with Gasteiger partial charge in [0.1, 0.15) is 17.1 Å². The molecule has 3 aromatic heterocycles. The van der Waals surface area contributed by atoms with Crippen LogP contribution in [0, 0.1) is 5.92 Å². The molecule has 0 bridgehead atoms. The summed E-state index contributed by atoms with van der Waals surface area (Å²) in [4.78, 5) is 19.3. The molecule has 2 fully saturated rings. The smallest absolute Gasteiger partial charge is 0.261 e. The molecule has 1 saturated heterocycles. The molecule has 10 heteroatoms. The quantitative estimate of drug-likeness (QED) is 0.506. The number of ether oxygens (including phenoxy) is 1. The van der Waals surface area contributed by atoms with Crippen molar-refractivity contribution in [2.75, 3.05) is 32.5 Å². The van der Waals surface area contributed by atoms with E-state index in [0.717, 1.165) is 11.1 Å². The molecule has 0 radical (unpaired) electrons. The highest BCUT2D eigenvalue weighted by Gasteiger charge is 2.30. The highest BCUT2D eigenvalue weighted by atomic mass is 32.2. The molecular formula is C24H30N4O5S. The molecule has 34 heavy (non-hydrogen) atoms. The summed E-state index contributed by atoms with van der Waals surface area (Å²) in [5, 5.41) is 0.516. The highest BCUT2D eigenvalue weighted by Crippen LogP contribution is 2.36. The van der Waals surface area contributed by atoms with Crippen LogP contribution in [-0.2, 0) is 23.6 Å². The summed E-state index contributed by atoms with van der Waals surface area (Å²) in [7, 11) is -1.48.